The molecular formula is C27H20ClN3OS. The maximum absolute atomic E-state index is 13.2. The molecule has 0 aliphatic carbocycles. The second kappa shape index (κ2) is 7.58. The average Bonchev–Trinajstić information content (AvgIpc) is 3.40. The highest BCUT2D eigenvalue weighted by molar-refractivity contribution is 7.22. The molecule has 0 aliphatic rings. The van der Waals surface area contributed by atoms with E-state index in [-0.39, 0.29) is 5.91 Å². The third-order valence-electron chi connectivity index (χ3n) is 6.14. The van der Waals surface area contributed by atoms with Crippen LogP contribution >= 0.6 is 22.9 Å². The van der Waals surface area contributed by atoms with E-state index >= 15 is 0 Å². The number of nitrogens with one attached hydrogen (secondary N) is 1. The second-order valence-electron chi connectivity index (χ2n) is 8.22. The van der Waals surface area contributed by atoms with E-state index in [1.165, 1.54) is 27.8 Å². The first-order chi connectivity index (χ1) is 16.0. The number of nitrogens with zero attached hydrogens (tertiary/aromatic N) is 2. The Kier molecular flexibility index (Phi) is 4.64. The first-order valence-corrected chi connectivity index (χ1v) is 12.0. The van der Waals surface area contributed by atoms with E-state index in [9.17, 15) is 4.79 Å². The minimum atomic E-state index is -0.147. The summed E-state index contributed by atoms with van der Waals surface area (Å²) in [4.78, 5) is 18.3. The molecule has 3 aromatic carbocycles. The Morgan fingerprint density at radius 3 is 2.64 bits per heavy atom. The summed E-state index contributed by atoms with van der Waals surface area (Å²) in [6, 6.07) is 22.4. The number of hydrogen-bond donors (Lipinski definition) is 1. The number of fused-ring (bicyclic) bond motifs is 6. The first-order valence-electron chi connectivity index (χ1n) is 10.8. The number of anilines is 1. The largest absolute Gasteiger partial charge is 0.341 e. The normalized spacial score (nSPS) is 11.7. The maximum atomic E-state index is 13.2. The van der Waals surface area contributed by atoms with Crippen molar-refractivity contribution >= 4 is 77.3 Å². The lowest BCUT2D eigenvalue weighted by Crippen LogP contribution is -2.09. The lowest BCUT2D eigenvalue weighted by Gasteiger charge is -2.05. The highest BCUT2D eigenvalue weighted by Crippen LogP contribution is 2.37. The summed E-state index contributed by atoms with van der Waals surface area (Å²) in [6.07, 6.45) is 0. The maximum Gasteiger partial charge on any atom is 0.265 e. The van der Waals surface area contributed by atoms with Gasteiger partial charge in [-0.15, -0.1) is 11.3 Å². The van der Waals surface area contributed by atoms with Gasteiger partial charge in [0.05, 0.1) is 10.4 Å². The Morgan fingerprint density at radius 2 is 1.79 bits per heavy atom. The van der Waals surface area contributed by atoms with Crippen molar-refractivity contribution < 1.29 is 4.79 Å². The Balaban J connectivity index is 1.42. The molecule has 1 amide bonds. The quantitative estimate of drug-likeness (QED) is 0.269. The van der Waals surface area contributed by atoms with E-state index in [0.29, 0.717) is 10.0 Å². The van der Waals surface area contributed by atoms with Gasteiger partial charge in [-0.1, -0.05) is 41.4 Å². The SMILES string of the molecule is CCn1c2ccccc2c2cc(NC(=O)c3cc4c(Cl)nc5ccc(C)cc5c4s3)ccc21. The van der Waals surface area contributed by atoms with E-state index in [2.05, 4.69) is 58.2 Å². The molecule has 0 spiro atoms. The van der Waals surface area contributed by atoms with Crippen LogP contribution in [-0.4, -0.2) is 15.5 Å². The number of halogens is 1. The number of aryl methyl sites for hydroxylation is 2. The summed E-state index contributed by atoms with van der Waals surface area (Å²) in [5.41, 5.74) is 5.12. The molecule has 1 N–H and O–H groups in total. The van der Waals surface area contributed by atoms with Gasteiger partial charge in [0.15, 0.2) is 0 Å². The van der Waals surface area contributed by atoms with Crippen molar-refractivity contribution in [3.05, 3.63) is 82.3 Å². The molecule has 0 saturated carbocycles. The van der Waals surface area contributed by atoms with E-state index in [4.69, 9.17) is 11.6 Å². The highest BCUT2D eigenvalue weighted by Gasteiger charge is 2.17. The number of aromatic nitrogens is 2. The molecule has 6 rings (SSSR count). The van der Waals surface area contributed by atoms with Gasteiger partial charge in [0, 0.05) is 49.5 Å². The molecule has 0 saturated heterocycles. The molecule has 0 aliphatic heterocycles. The zero-order chi connectivity index (χ0) is 22.7. The van der Waals surface area contributed by atoms with Crippen molar-refractivity contribution in [1.82, 2.24) is 9.55 Å². The number of rotatable bonds is 3. The van der Waals surface area contributed by atoms with Gasteiger partial charge in [0.2, 0.25) is 0 Å². The molecule has 0 atom stereocenters. The van der Waals surface area contributed by atoms with Crippen LogP contribution in [0.1, 0.15) is 22.2 Å². The van der Waals surface area contributed by atoms with Crippen LogP contribution < -0.4 is 5.32 Å². The minimum Gasteiger partial charge on any atom is -0.341 e. The minimum absolute atomic E-state index is 0.147. The van der Waals surface area contributed by atoms with Crippen LogP contribution in [0.15, 0.2) is 66.7 Å². The van der Waals surface area contributed by atoms with Crippen LogP contribution in [0.3, 0.4) is 0 Å². The van der Waals surface area contributed by atoms with Crippen LogP contribution in [0, 0.1) is 6.92 Å². The van der Waals surface area contributed by atoms with E-state index in [1.807, 2.05) is 37.3 Å². The molecule has 3 aromatic heterocycles. The number of carbonyl (C=O) groups excluding carboxylic acids is 1. The third kappa shape index (κ3) is 3.19. The van der Waals surface area contributed by atoms with Crippen molar-refractivity contribution in [3.63, 3.8) is 0 Å². The Bertz CT molecular complexity index is 1730. The Morgan fingerprint density at radius 1 is 0.970 bits per heavy atom. The van der Waals surface area contributed by atoms with Gasteiger partial charge in [0.25, 0.3) is 5.91 Å². The van der Waals surface area contributed by atoms with Crippen molar-refractivity contribution in [3.8, 4) is 0 Å². The fraction of sp³-hybridized carbons (Fsp3) is 0.111. The second-order valence-corrected chi connectivity index (χ2v) is 9.63. The summed E-state index contributed by atoms with van der Waals surface area (Å²) in [5.74, 6) is -0.147. The zero-order valence-electron chi connectivity index (χ0n) is 18.1. The highest BCUT2D eigenvalue weighted by atomic mass is 35.5. The average molecular weight is 470 g/mol. The van der Waals surface area contributed by atoms with Crippen molar-refractivity contribution in [2.24, 2.45) is 0 Å². The van der Waals surface area contributed by atoms with Gasteiger partial charge in [-0.2, -0.15) is 0 Å². The molecule has 3 heterocycles. The summed E-state index contributed by atoms with van der Waals surface area (Å²) in [7, 11) is 0. The Labute approximate surface area is 199 Å². The van der Waals surface area contributed by atoms with Crippen LogP contribution in [0.4, 0.5) is 5.69 Å². The van der Waals surface area contributed by atoms with Crippen LogP contribution in [0.25, 0.3) is 42.8 Å². The molecule has 0 unspecified atom stereocenters. The van der Waals surface area contributed by atoms with E-state index < -0.39 is 0 Å². The molecule has 4 nitrogen and oxygen atoms in total. The van der Waals surface area contributed by atoms with Crippen LogP contribution in [-0.2, 0) is 6.54 Å². The zero-order valence-corrected chi connectivity index (χ0v) is 19.7. The smallest absolute Gasteiger partial charge is 0.265 e. The lowest BCUT2D eigenvalue weighted by molar-refractivity contribution is 0.103. The number of amides is 1. The monoisotopic (exact) mass is 469 g/mol. The fourth-order valence-electron chi connectivity index (χ4n) is 4.62. The fourth-order valence-corrected chi connectivity index (χ4v) is 5.99. The predicted molar refractivity (Wildman–Crippen MR) is 140 cm³/mol. The van der Waals surface area contributed by atoms with Gasteiger partial charge in [-0.25, -0.2) is 4.98 Å². The number of thiophene rings is 1. The standard InChI is InChI=1S/C27H20ClN3OS/c1-3-31-22-7-5-4-6-17(22)18-13-16(9-11-23(18)31)29-27(32)24-14-20-25(33-24)19-12-15(2)8-10-21(19)30-26(20)28/h4-14H,3H2,1-2H3,(H,29,32). The molecular weight excluding hydrogens is 450 g/mol. The number of para-hydroxylation sites is 1. The Hall–Kier alpha value is -3.41. The van der Waals surface area contributed by atoms with E-state index in [1.54, 1.807) is 0 Å². The summed E-state index contributed by atoms with van der Waals surface area (Å²) in [5, 5.41) is 7.66. The molecule has 0 bridgehead atoms. The third-order valence-corrected chi connectivity index (χ3v) is 7.60. The predicted octanol–water partition coefficient (Wildman–Crippen LogP) is 7.79. The first kappa shape index (κ1) is 20.2. The summed E-state index contributed by atoms with van der Waals surface area (Å²) in [6.45, 7) is 5.08. The van der Waals surface area contributed by atoms with Gasteiger partial charge in [-0.3, -0.25) is 4.79 Å². The number of hydrogen-bond acceptors (Lipinski definition) is 3. The van der Waals surface area contributed by atoms with Crippen molar-refractivity contribution in [2.45, 2.75) is 20.4 Å². The molecule has 162 valence electrons. The molecule has 6 aromatic rings. The number of carbonyl (C=O) groups is 1. The van der Waals surface area contributed by atoms with Crippen LogP contribution in [0.2, 0.25) is 5.15 Å². The number of pyridine rings is 1. The molecule has 0 fully saturated rings. The van der Waals surface area contributed by atoms with Gasteiger partial charge in [0.1, 0.15) is 5.15 Å². The van der Waals surface area contributed by atoms with Gasteiger partial charge < -0.3 is 9.88 Å². The molecule has 33 heavy (non-hydrogen) atoms. The molecule has 0 radical (unpaired) electrons. The van der Waals surface area contributed by atoms with Gasteiger partial charge >= 0.3 is 0 Å². The van der Waals surface area contributed by atoms with Crippen LogP contribution in [0.5, 0.6) is 0 Å². The van der Waals surface area contributed by atoms with Gasteiger partial charge in [-0.05, 0) is 56.3 Å². The van der Waals surface area contributed by atoms with E-state index in [0.717, 1.165) is 44.2 Å². The summed E-state index contributed by atoms with van der Waals surface area (Å²) >= 11 is 7.90. The topological polar surface area (TPSA) is 46.9 Å². The molecule has 6 heteroatoms. The van der Waals surface area contributed by atoms with Crippen molar-refractivity contribution in [1.29, 1.82) is 0 Å². The number of benzene rings is 3. The lowest BCUT2D eigenvalue weighted by atomic mass is 10.1. The van der Waals surface area contributed by atoms with Crippen molar-refractivity contribution in [2.75, 3.05) is 5.32 Å². The summed E-state index contributed by atoms with van der Waals surface area (Å²) < 4.78 is 3.28.